The zero-order valence-corrected chi connectivity index (χ0v) is 7.06. The summed E-state index contributed by atoms with van der Waals surface area (Å²) in [5, 5.41) is 8.47. The molecule has 0 aromatic rings. The fourth-order valence-corrected chi connectivity index (χ4v) is 0.596. The standard InChI is InChI=1S/C6H13NO2S/c1-3-6(2,10)4(7)5(8)9/h4,10H,3,7H2,1-2H3,(H,8,9)/t4-,6?/m0/s1. The summed E-state index contributed by atoms with van der Waals surface area (Å²) in [6.45, 7) is 3.57. The molecule has 0 fully saturated rings. The van der Waals surface area contributed by atoms with E-state index >= 15 is 0 Å². The second-order valence-electron chi connectivity index (χ2n) is 2.53. The van der Waals surface area contributed by atoms with Gasteiger partial charge in [0.15, 0.2) is 0 Å². The third-order valence-corrected chi connectivity index (χ3v) is 2.25. The van der Waals surface area contributed by atoms with Gasteiger partial charge in [0.1, 0.15) is 6.04 Å². The van der Waals surface area contributed by atoms with Crippen LogP contribution in [-0.4, -0.2) is 21.9 Å². The number of nitrogens with two attached hydrogens (primary N) is 1. The number of rotatable bonds is 3. The van der Waals surface area contributed by atoms with Gasteiger partial charge in [-0.15, -0.1) is 0 Å². The maximum Gasteiger partial charge on any atom is 0.321 e. The summed E-state index contributed by atoms with van der Waals surface area (Å²) in [5.41, 5.74) is 5.33. The first-order chi connectivity index (χ1) is 4.41. The summed E-state index contributed by atoms with van der Waals surface area (Å²) >= 11 is 4.12. The first-order valence-corrected chi connectivity index (χ1v) is 3.57. The average Bonchev–Trinajstić information content (AvgIpc) is 1.86. The Balaban J connectivity index is 4.17. The third-order valence-electron chi connectivity index (χ3n) is 1.65. The molecule has 10 heavy (non-hydrogen) atoms. The molecule has 0 heterocycles. The van der Waals surface area contributed by atoms with E-state index < -0.39 is 16.8 Å². The Morgan fingerprint density at radius 2 is 2.30 bits per heavy atom. The predicted molar refractivity (Wildman–Crippen MR) is 43.3 cm³/mol. The van der Waals surface area contributed by atoms with Crippen LogP contribution in [0.15, 0.2) is 0 Å². The van der Waals surface area contributed by atoms with Crippen molar-refractivity contribution in [2.24, 2.45) is 5.73 Å². The van der Waals surface area contributed by atoms with Gasteiger partial charge in [0, 0.05) is 4.75 Å². The van der Waals surface area contributed by atoms with Gasteiger partial charge in [-0.2, -0.15) is 12.6 Å². The fourth-order valence-electron chi connectivity index (χ4n) is 0.486. The molecule has 0 bridgehead atoms. The molecule has 0 saturated heterocycles. The van der Waals surface area contributed by atoms with E-state index in [4.69, 9.17) is 10.8 Å². The number of thiol groups is 1. The zero-order valence-electron chi connectivity index (χ0n) is 6.16. The van der Waals surface area contributed by atoms with Crippen LogP contribution in [0.4, 0.5) is 0 Å². The van der Waals surface area contributed by atoms with Crippen molar-refractivity contribution in [1.29, 1.82) is 0 Å². The summed E-state index contributed by atoms with van der Waals surface area (Å²) in [7, 11) is 0. The van der Waals surface area contributed by atoms with E-state index in [1.165, 1.54) is 0 Å². The predicted octanol–water partition coefficient (Wildman–Crippen LogP) is 0.497. The molecule has 0 amide bonds. The number of carbonyl (C=O) groups is 1. The van der Waals surface area contributed by atoms with E-state index in [1.807, 2.05) is 6.92 Å². The van der Waals surface area contributed by atoms with Crippen molar-refractivity contribution in [1.82, 2.24) is 0 Å². The number of hydrogen-bond donors (Lipinski definition) is 3. The molecule has 0 spiro atoms. The Morgan fingerprint density at radius 3 is 2.40 bits per heavy atom. The van der Waals surface area contributed by atoms with Gasteiger partial charge >= 0.3 is 5.97 Å². The minimum Gasteiger partial charge on any atom is -0.480 e. The van der Waals surface area contributed by atoms with E-state index in [-0.39, 0.29) is 0 Å². The van der Waals surface area contributed by atoms with Gasteiger partial charge in [0.25, 0.3) is 0 Å². The van der Waals surface area contributed by atoms with Crippen LogP contribution in [0.2, 0.25) is 0 Å². The lowest BCUT2D eigenvalue weighted by Crippen LogP contribution is -2.46. The van der Waals surface area contributed by atoms with Crippen LogP contribution in [0.5, 0.6) is 0 Å². The van der Waals surface area contributed by atoms with Gasteiger partial charge in [-0.05, 0) is 13.3 Å². The molecule has 3 nitrogen and oxygen atoms in total. The van der Waals surface area contributed by atoms with Crippen molar-refractivity contribution in [2.45, 2.75) is 31.1 Å². The van der Waals surface area contributed by atoms with Crippen LogP contribution < -0.4 is 5.73 Å². The third kappa shape index (κ3) is 2.19. The van der Waals surface area contributed by atoms with E-state index in [0.29, 0.717) is 6.42 Å². The lowest BCUT2D eigenvalue weighted by molar-refractivity contribution is -0.139. The van der Waals surface area contributed by atoms with Crippen molar-refractivity contribution in [3.8, 4) is 0 Å². The highest BCUT2D eigenvalue weighted by Gasteiger charge is 2.30. The molecule has 0 aliphatic heterocycles. The molecule has 0 saturated carbocycles. The monoisotopic (exact) mass is 163 g/mol. The Kier molecular flexibility index (Phi) is 3.18. The SMILES string of the molecule is CCC(C)(S)[C@@H](N)C(=O)O. The minimum atomic E-state index is -1.00. The van der Waals surface area contributed by atoms with Gasteiger partial charge in [-0.25, -0.2) is 0 Å². The highest BCUT2D eigenvalue weighted by atomic mass is 32.1. The number of carboxylic acids is 1. The van der Waals surface area contributed by atoms with Crippen LogP contribution in [0, 0.1) is 0 Å². The molecule has 3 N–H and O–H groups in total. The first kappa shape index (κ1) is 9.78. The summed E-state index contributed by atoms with van der Waals surface area (Å²) in [4.78, 5) is 10.3. The quantitative estimate of drug-likeness (QED) is 0.531. The van der Waals surface area contributed by atoms with Gasteiger partial charge in [-0.3, -0.25) is 4.79 Å². The van der Waals surface area contributed by atoms with Gasteiger partial charge in [-0.1, -0.05) is 6.92 Å². The maximum absolute atomic E-state index is 10.3. The smallest absolute Gasteiger partial charge is 0.321 e. The molecule has 0 rings (SSSR count). The molecule has 0 aliphatic carbocycles. The van der Waals surface area contributed by atoms with Crippen molar-refractivity contribution < 1.29 is 9.90 Å². The number of carboxylic acid groups (broad SMARTS) is 1. The van der Waals surface area contributed by atoms with Crippen LogP contribution in [0.1, 0.15) is 20.3 Å². The fraction of sp³-hybridized carbons (Fsp3) is 0.833. The van der Waals surface area contributed by atoms with E-state index in [1.54, 1.807) is 6.92 Å². The summed E-state index contributed by atoms with van der Waals surface area (Å²) < 4.78 is -0.605. The lowest BCUT2D eigenvalue weighted by Gasteiger charge is -2.25. The molecule has 1 unspecified atom stereocenters. The topological polar surface area (TPSA) is 63.3 Å². The normalized spacial score (nSPS) is 19.6. The average molecular weight is 163 g/mol. The molecule has 4 heteroatoms. The van der Waals surface area contributed by atoms with E-state index in [2.05, 4.69) is 12.6 Å². The largest absolute Gasteiger partial charge is 0.480 e. The number of aliphatic carboxylic acids is 1. The Labute approximate surface area is 66.0 Å². The van der Waals surface area contributed by atoms with E-state index in [0.717, 1.165) is 0 Å². The van der Waals surface area contributed by atoms with Crippen molar-refractivity contribution in [2.75, 3.05) is 0 Å². The summed E-state index contributed by atoms with van der Waals surface area (Å²) in [6.07, 6.45) is 0.642. The molecule has 60 valence electrons. The van der Waals surface area contributed by atoms with Gasteiger partial charge in [0.2, 0.25) is 0 Å². The molecule has 0 aromatic carbocycles. The molecule has 0 aliphatic rings. The number of hydrogen-bond acceptors (Lipinski definition) is 3. The van der Waals surface area contributed by atoms with Crippen molar-refractivity contribution in [3.63, 3.8) is 0 Å². The van der Waals surface area contributed by atoms with Crippen LogP contribution in [0.25, 0.3) is 0 Å². The highest BCUT2D eigenvalue weighted by Crippen LogP contribution is 2.21. The molecule has 0 radical (unpaired) electrons. The Morgan fingerprint density at radius 1 is 1.90 bits per heavy atom. The lowest BCUT2D eigenvalue weighted by atomic mass is 9.99. The minimum absolute atomic E-state index is 0.605. The summed E-state index contributed by atoms with van der Waals surface area (Å²) in [6, 6.07) is -0.888. The molecular weight excluding hydrogens is 150 g/mol. The van der Waals surface area contributed by atoms with Crippen LogP contribution in [0.3, 0.4) is 0 Å². The maximum atomic E-state index is 10.3. The zero-order chi connectivity index (χ0) is 8.36. The molecular formula is C6H13NO2S. The van der Waals surface area contributed by atoms with Crippen LogP contribution >= 0.6 is 12.6 Å². The Bertz CT molecular complexity index is 136. The Hall–Kier alpha value is -0.220. The molecule has 0 aromatic heterocycles. The van der Waals surface area contributed by atoms with Crippen molar-refractivity contribution >= 4 is 18.6 Å². The van der Waals surface area contributed by atoms with Crippen molar-refractivity contribution in [3.05, 3.63) is 0 Å². The van der Waals surface area contributed by atoms with Gasteiger partial charge in [0.05, 0.1) is 0 Å². The first-order valence-electron chi connectivity index (χ1n) is 3.12. The van der Waals surface area contributed by atoms with E-state index in [9.17, 15) is 4.79 Å². The molecule has 2 atom stereocenters. The van der Waals surface area contributed by atoms with Crippen LogP contribution in [-0.2, 0) is 4.79 Å². The summed E-state index contributed by atoms with van der Waals surface area (Å²) in [5.74, 6) is -1.00. The second kappa shape index (κ2) is 3.25. The highest BCUT2D eigenvalue weighted by molar-refractivity contribution is 7.81. The van der Waals surface area contributed by atoms with Gasteiger partial charge < -0.3 is 10.8 Å². The second-order valence-corrected chi connectivity index (χ2v) is 3.55.